The Morgan fingerprint density at radius 2 is 2.30 bits per heavy atom. The van der Waals surface area contributed by atoms with E-state index in [-0.39, 0.29) is 0 Å². The largest absolute Gasteiger partial charge is 0.496 e. The SMILES string of the molecule is COc1cc(C)ccc1-c1noc(C2CCCNC2)n1. The summed E-state index contributed by atoms with van der Waals surface area (Å²) in [6.45, 7) is 4.01. The van der Waals surface area contributed by atoms with Crippen LogP contribution in [-0.2, 0) is 0 Å². The maximum absolute atomic E-state index is 5.43. The molecular formula is C15H19N3O2. The predicted octanol–water partition coefficient (Wildman–Crippen LogP) is 2.52. The molecule has 5 heteroatoms. The fraction of sp³-hybridized carbons (Fsp3) is 0.467. The van der Waals surface area contributed by atoms with E-state index in [0.29, 0.717) is 11.7 Å². The number of benzene rings is 1. The molecule has 0 aliphatic carbocycles. The third-order valence-corrected chi connectivity index (χ3v) is 3.69. The number of methoxy groups -OCH3 is 1. The van der Waals surface area contributed by atoms with Gasteiger partial charge in [-0.15, -0.1) is 0 Å². The Morgan fingerprint density at radius 3 is 3.05 bits per heavy atom. The molecule has 1 unspecified atom stereocenters. The lowest BCUT2D eigenvalue weighted by molar-refractivity contribution is 0.322. The van der Waals surface area contributed by atoms with Crippen LogP contribution in [0.4, 0.5) is 0 Å². The summed E-state index contributed by atoms with van der Waals surface area (Å²) in [6, 6.07) is 5.98. The molecule has 3 rings (SSSR count). The number of hydrogen-bond acceptors (Lipinski definition) is 5. The third-order valence-electron chi connectivity index (χ3n) is 3.69. The first-order chi connectivity index (χ1) is 9.78. The molecule has 2 heterocycles. The minimum absolute atomic E-state index is 0.321. The van der Waals surface area contributed by atoms with Crippen molar-refractivity contribution < 1.29 is 9.26 Å². The second-order valence-electron chi connectivity index (χ2n) is 5.20. The highest BCUT2D eigenvalue weighted by Gasteiger charge is 2.22. The van der Waals surface area contributed by atoms with Crippen molar-refractivity contribution in [2.45, 2.75) is 25.7 Å². The summed E-state index contributed by atoms with van der Waals surface area (Å²) in [7, 11) is 1.66. The number of nitrogens with zero attached hydrogens (tertiary/aromatic N) is 2. The molecule has 0 bridgehead atoms. The highest BCUT2D eigenvalue weighted by molar-refractivity contribution is 5.64. The van der Waals surface area contributed by atoms with Gasteiger partial charge in [0.1, 0.15) is 5.75 Å². The summed E-state index contributed by atoms with van der Waals surface area (Å²) in [6.07, 6.45) is 2.25. The van der Waals surface area contributed by atoms with Crippen molar-refractivity contribution in [3.63, 3.8) is 0 Å². The van der Waals surface area contributed by atoms with E-state index in [0.717, 1.165) is 48.7 Å². The summed E-state index contributed by atoms with van der Waals surface area (Å²) in [5, 5.41) is 7.47. The predicted molar refractivity (Wildman–Crippen MR) is 75.9 cm³/mol. The van der Waals surface area contributed by atoms with Crippen molar-refractivity contribution in [2.75, 3.05) is 20.2 Å². The molecular weight excluding hydrogens is 254 g/mol. The van der Waals surface area contributed by atoms with Gasteiger partial charge in [0, 0.05) is 6.54 Å². The van der Waals surface area contributed by atoms with Gasteiger partial charge >= 0.3 is 0 Å². The first-order valence-electron chi connectivity index (χ1n) is 6.97. The van der Waals surface area contributed by atoms with E-state index in [1.807, 2.05) is 25.1 Å². The highest BCUT2D eigenvalue weighted by Crippen LogP contribution is 2.30. The summed E-state index contributed by atoms with van der Waals surface area (Å²) in [4.78, 5) is 4.54. The Balaban J connectivity index is 1.89. The lowest BCUT2D eigenvalue weighted by atomic mass is 10.00. The van der Waals surface area contributed by atoms with Gasteiger partial charge in [-0.25, -0.2) is 0 Å². The van der Waals surface area contributed by atoms with Gasteiger partial charge in [0.05, 0.1) is 18.6 Å². The number of ether oxygens (including phenoxy) is 1. The van der Waals surface area contributed by atoms with Gasteiger partial charge in [-0.2, -0.15) is 4.98 Å². The van der Waals surface area contributed by atoms with Crippen molar-refractivity contribution >= 4 is 0 Å². The van der Waals surface area contributed by atoms with Crippen molar-refractivity contribution in [1.29, 1.82) is 0 Å². The first-order valence-corrected chi connectivity index (χ1v) is 6.97. The van der Waals surface area contributed by atoms with Crippen LogP contribution in [0.2, 0.25) is 0 Å². The number of aromatic nitrogens is 2. The van der Waals surface area contributed by atoms with Crippen LogP contribution in [0, 0.1) is 6.92 Å². The molecule has 1 saturated heterocycles. The highest BCUT2D eigenvalue weighted by atomic mass is 16.5. The van der Waals surface area contributed by atoms with Crippen LogP contribution >= 0.6 is 0 Å². The molecule has 0 amide bonds. The molecule has 5 nitrogen and oxygen atoms in total. The van der Waals surface area contributed by atoms with Crippen LogP contribution in [0.15, 0.2) is 22.7 Å². The zero-order chi connectivity index (χ0) is 13.9. The smallest absolute Gasteiger partial charge is 0.231 e. The molecule has 0 radical (unpaired) electrons. The normalized spacial score (nSPS) is 19.0. The quantitative estimate of drug-likeness (QED) is 0.931. The first kappa shape index (κ1) is 13.1. The number of aryl methyl sites for hydroxylation is 1. The van der Waals surface area contributed by atoms with Gasteiger partial charge in [0.2, 0.25) is 11.7 Å². The van der Waals surface area contributed by atoms with Crippen molar-refractivity contribution in [2.24, 2.45) is 0 Å². The van der Waals surface area contributed by atoms with Crippen LogP contribution in [0.5, 0.6) is 5.75 Å². The average molecular weight is 273 g/mol. The summed E-state index contributed by atoms with van der Waals surface area (Å²) < 4.78 is 10.8. The summed E-state index contributed by atoms with van der Waals surface area (Å²) >= 11 is 0. The Morgan fingerprint density at radius 1 is 1.40 bits per heavy atom. The van der Waals surface area contributed by atoms with Crippen LogP contribution in [0.3, 0.4) is 0 Å². The zero-order valence-corrected chi connectivity index (χ0v) is 11.8. The molecule has 2 aromatic rings. The van der Waals surface area contributed by atoms with Crippen molar-refractivity contribution in [3.05, 3.63) is 29.7 Å². The second-order valence-corrected chi connectivity index (χ2v) is 5.20. The maximum Gasteiger partial charge on any atom is 0.231 e. The van der Waals surface area contributed by atoms with Crippen LogP contribution < -0.4 is 10.1 Å². The fourth-order valence-corrected chi connectivity index (χ4v) is 2.56. The van der Waals surface area contributed by atoms with E-state index in [2.05, 4.69) is 15.5 Å². The Labute approximate surface area is 118 Å². The van der Waals surface area contributed by atoms with Crippen molar-refractivity contribution in [3.8, 4) is 17.1 Å². The Bertz CT molecular complexity index is 589. The monoisotopic (exact) mass is 273 g/mol. The van der Waals surface area contributed by atoms with Gasteiger partial charge in [0.25, 0.3) is 0 Å². The van der Waals surface area contributed by atoms with E-state index in [1.165, 1.54) is 0 Å². The van der Waals surface area contributed by atoms with E-state index in [9.17, 15) is 0 Å². The molecule has 1 N–H and O–H groups in total. The molecule has 1 aromatic heterocycles. The molecule has 0 spiro atoms. The Hall–Kier alpha value is -1.88. The van der Waals surface area contributed by atoms with E-state index >= 15 is 0 Å². The average Bonchev–Trinajstić information content (AvgIpc) is 2.97. The molecule has 20 heavy (non-hydrogen) atoms. The molecule has 1 fully saturated rings. The van der Waals surface area contributed by atoms with E-state index in [1.54, 1.807) is 7.11 Å². The van der Waals surface area contributed by atoms with Crippen LogP contribution in [-0.4, -0.2) is 30.3 Å². The van der Waals surface area contributed by atoms with Crippen LogP contribution in [0.1, 0.15) is 30.2 Å². The number of piperidine rings is 1. The molecule has 106 valence electrons. The number of hydrogen-bond donors (Lipinski definition) is 1. The Kier molecular flexibility index (Phi) is 3.69. The molecule has 1 atom stereocenters. The summed E-state index contributed by atoms with van der Waals surface area (Å²) in [5.41, 5.74) is 2.02. The standard InChI is InChI=1S/C15H19N3O2/c1-10-5-6-12(13(8-10)19-2)14-17-15(20-18-14)11-4-3-7-16-9-11/h5-6,8,11,16H,3-4,7,9H2,1-2H3. The molecule has 0 saturated carbocycles. The minimum Gasteiger partial charge on any atom is -0.496 e. The third kappa shape index (κ3) is 2.54. The number of nitrogens with one attached hydrogen (secondary N) is 1. The van der Waals surface area contributed by atoms with Crippen molar-refractivity contribution in [1.82, 2.24) is 15.5 Å². The zero-order valence-electron chi connectivity index (χ0n) is 11.8. The minimum atomic E-state index is 0.321. The number of rotatable bonds is 3. The van der Waals surface area contributed by atoms with E-state index < -0.39 is 0 Å². The van der Waals surface area contributed by atoms with Gasteiger partial charge < -0.3 is 14.6 Å². The lowest BCUT2D eigenvalue weighted by Gasteiger charge is -2.18. The molecule has 1 aliphatic heterocycles. The summed E-state index contributed by atoms with van der Waals surface area (Å²) in [5.74, 6) is 2.41. The fourth-order valence-electron chi connectivity index (χ4n) is 2.56. The van der Waals surface area contributed by atoms with Gasteiger partial charge in [-0.3, -0.25) is 0 Å². The van der Waals surface area contributed by atoms with Crippen LogP contribution in [0.25, 0.3) is 11.4 Å². The van der Waals surface area contributed by atoms with Gasteiger partial charge in [-0.1, -0.05) is 11.2 Å². The van der Waals surface area contributed by atoms with Gasteiger partial charge in [0.15, 0.2) is 0 Å². The maximum atomic E-state index is 5.43. The van der Waals surface area contributed by atoms with E-state index in [4.69, 9.17) is 9.26 Å². The molecule has 1 aromatic carbocycles. The topological polar surface area (TPSA) is 60.2 Å². The van der Waals surface area contributed by atoms with Gasteiger partial charge in [-0.05, 0) is 44.0 Å². The second kappa shape index (κ2) is 5.63. The lowest BCUT2D eigenvalue weighted by Crippen LogP contribution is -2.28. The molecule has 1 aliphatic rings.